The third-order valence-electron chi connectivity index (χ3n) is 3.83. The van der Waals surface area contributed by atoms with Gasteiger partial charge in [-0.2, -0.15) is 18.3 Å². The van der Waals surface area contributed by atoms with Gasteiger partial charge in [-0.3, -0.25) is 5.10 Å². The number of H-pyrrole nitrogens is 1. The van der Waals surface area contributed by atoms with Crippen molar-refractivity contribution in [2.24, 2.45) is 0 Å². The molecular weight excluding hydrogens is 331 g/mol. The van der Waals surface area contributed by atoms with Gasteiger partial charge in [0.05, 0.1) is 24.9 Å². The van der Waals surface area contributed by atoms with Crippen LogP contribution in [0.4, 0.5) is 18.9 Å². The first-order valence-corrected chi connectivity index (χ1v) is 7.54. The van der Waals surface area contributed by atoms with Crippen molar-refractivity contribution in [1.82, 2.24) is 10.2 Å². The highest BCUT2D eigenvalue weighted by molar-refractivity contribution is 5.52. The number of benzene rings is 2. The van der Waals surface area contributed by atoms with E-state index in [0.717, 1.165) is 6.07 Å². The summed E-state index contributed by atoms with van der Waals surface area (Å²) in [7, 11) is 1.55. The molecule has 0 spiro atoms. The minimum absolute atomic E-state index is 0.132. The van der Waals surface area contributed by atoms with Crippen LogP contribution >= 0.6 is 0 Å². The number of hydrogen-bond acceptors (Lipinski definition) is 3. The summed E-state index contributed by atoms with van der Waals surface area (Å²) in [5, 5.41) is 9.66. The number of alkyl halides is 3. The maximum atomic E-state index is 13.4. The summed E-state index contributed by atoms with van der Waals surface area (Å²) in [6.07, 6.45) is -1.36. The predicted molar refractivity (Wildman–Crippen MR) is 88.5 cm³/mol. The molecule has 7 heteroatoms. The minimum atomic E-state index is -4.44. The van der Waals surface area contributed by atoms with Gasteiger partial charge in [0.25, 0.3) is 0 Å². The van der Waals surface area contributed by atoms with Gasteiger partial charge < -0.3 is 10.1 Å². The van der Waals surface area contributed by atoms with Crippen LogP contribution in [0.2, 0.25) is 0 Å². The quantitative estimate of drug-likeness (QED) is 0.707. The van der Waals surface area contributed by atoms with E-state index in [2.05, 4.69) is 15.5 Å². The first-order chi connectivity index (χ1) is 12.0. The number of methoxy groups -OCH3 is 1. The Hall–Kier alpha value is -2.96. The zero-order valence-corrected chi connectivity index (χ0v) is 13.3. The van der Waals surface area contributed by atoms with E-state index in [4.69, 9.17) is 4.74 Å². The second-order valence-electron chi connectivity index (χ2n) is 5.42. The molecule has 3 rings (SSSR count). The summed E-state index contributed by atoms with van der Waals surface area (Å²) >= 11 is 0. The molecule has 1 atom stereocenters. The molecule has 130 valence electrons. The second-order valence-corrected chi connectivity index (χ2v) is 5.42. The number of anilines is 1. The van der Waals surface area contributed by atoms with Gasteiger partial charge in [0.2, 0.25) is 0 Å². The van der Waals surface area contributed by atoms with Crippen LogP contribution in [0.1, 0.15) is 22.7 Å². The van der Waals surface area contributed by atoms with Crippen LogP contribution in [0, 0.1) is 0 Å². The Morgan fingerprint density at radius 3 is 2.40 bits per heavy atom. The smallest absolute Gasteiger partial charge is 0.416 e. The van der Waals surface area contributed by atoms with E-state index in [1.165, 1.54) is 18.3 Å². The zero-order valence-electron chi connectivity index (χ0n) is 13.3. The number of rotatable bonds is 5. The van der Waals surface area contributed by atoms with Crippen molar-refractivity contribution in [2.75, 3.05) is 12.4 Å². The fourth-order valence-corrected chi connectivity index (χ4v) is 2.62. The molecule has 0 amide bonds. The lowest BCUT2D eigenvalue weighted by Gasteiger charge is -2.23. The van der Waals surface area contributed by atoms with Crippen molar-refractivity contribution in [3.8, 4) is 5.75 Å². The standard InChI is InChI=1S/C18H16F3N3O/c1-25-14-8-6-13(7-9-14)24-17(12-10-22-23-11-12)15-4-2-3-5-16(15)18(19,20)21/h2-11,17,24H,1H3,(H,22,23). The van der Waals surface area contributed by atoms with Crippen molar-refractivity contribution in [2.45, 2.75) is 12.2 Å². The van der Waals surface area contributed by atoms with Gasteiger partial charge in [0.15, 0.2) is 0 Å². The summed E-state index contributed by atoms with van der Waals surface area (Å²) in [4.78, 5) is 0. The highest BCUT2D eigenvalue weighted by Crippen LogP contribution is 2.37. The zero-order chi connectivity index (χ0) is 17.9. The predicted octanol–water partition coefficient (Wildman–Crippen LogP) is 4.64. The number of nitrogens with one attached hydrogen (secondary N) is 2. The molecule has 4 nitrogen and oxygen atoms in total. The third kappa shape index (κ3) is 3.76. The Bertz CT molecular complexity index is 814. The molecule has 0 bridgehead atoms. The summed E-state index contributed by atoms with van der Waals surface area (Å²) < 4.78 is 45.4. The van der Waals surface area contributed by atoms with Gasteiger partial charge in [-0.1, -0.05) is 18.2 Å². The molecule has 1 aromatic heterocycles. The van der Waals surface area contributed by atoms with Crippen molar-refractivity contribution in [3.63, 3.8) is 0 Å². The normalized spacial score (nSPS) is 12.6. The van der Waals surface area contributed by atoms with E-state index in [-0.39, 0.29) is 5.56 Å². The molecule has 1 unspecified atom stereocenters. The van der Waals surface area contributed by atoms with E-state index >= 15 is 0 Å². The van der Waals surface area contributed by atoms with Crippen LogP contribution in [0.3, 0.4) is 0 Å². The van der Waals surface area contributed by atoms with E-state index in [1.54, 1.807) is 43.6 Å². The highest BCUT2D eigenvalue weighted by atomic mass is 19.4. The van der Waals surface area contributed by atoms with E-state index in [9.17, 15) is 13.2 Å². The topological polar surface area (TPSA) is 49.9 Å². The van der Waals surface area contributed by atoms with Crippen molar-refractivity contribution in [3.05, 3.63) is 77.6 Å². The van der Waals surface area contributed by atoms with Crippen LogP contribution in [0.15, 0.2) is 60.9 Å². The Kier molecular flexibility index (Phi) is 4.65. The molecule has 1 heterocycles. The molecule has 0 aliphatic heterocycles. The molecule has 2 N–H and O–H groups in total. The van der Waals surface area contributed by atoms with Crippen LogP contribution in [-0.2, 0) is 6.18 Å². The van der Waals surface area contributed by atoms with Crippen LogP contribution in [-0.4, -0.2) is 17.3 Å². The highest BCUT2D eigenvalue weighted by Gasteiger charge is 2.35. The third-order valence-corrected chi connectivity index (χ3v) is 3.83. The monoisotopic (exact) mass is 347 g/mol. The number of nitrogens with zero attached hydrogens (tertiary/aromatic N) is 1. The summed E-state index contributed by atoms with van der Waals surface area (Å²) in [5.74, 6) is 0.668. The average molecular weight is 347 g/mol. The van der Waals surface area contributed by atoms with Gasteiger partial charge in [-0.05, 0) is 35.9 Å². The van der Waals surface area contributed by atoms with Crippen molar-refractivity contribution >= 4 is 5.69 Å². The van der Waals surface area contributed by atoms with E-state index < -0.39 is 17.8 Å². The lowest BCUT2D eigenvalue weighted by Crippen LogP contribution is -2.18. The maximum Gasteiger partial charge on any atom is 0.416 e. The lowest BCUT2D eigenvalue weighted by molar-refractivity contribution is -0.138. The Morgan fingerprint density at radius 2 is 1.80 bits per heavy atom. The molecule has 25 heavy (non-hydrogen) atoms. The molecule has 0 aliphatic rings. The summed E-state index contributed by atoms with van der Waals surface area (Å²) in [6.45, 7) is 0. The molecule has 0 fully saturated rings. The fraction of sp³-hybridized carbons (Fsp3) is 0.167. The number of aromatic amines is 1. The van der Waals surface area contributed by atoms with Gasteiger partial charge in [-0.15, -0.1) is 0 Å². The van der Waals surface area contributed by atoms with Crippen LogP contribution in [0.5, 0.6) is 5.75 Å². The van der Waals surface area contributed by atoms with E-state index in [0.29, 0.717) is 17.0 Å². The van der Waals surface area contributed by atoms with Gasteiger partial charge in [-0.25, -0.2) is 0 Å². The summed E-state index contributed by atoms with van der Waals surface area (Å²) in [6, 6.07) is 11.8. The van der Waals surface area contributed by atoms with E-state index in [1.807, 2.05) is 0 Å². The molecule has 3 aromatic rings. The summed E-state index contributed by atoms with van der Waals surface area (Å²) in [5.41, 5.74) is 0.728. The van der Waals surface area contributed by atoms with Gasteiger partial charge in [0.1, 0.15) is 5.75 Å². The van der Waals surface area contributed by atoms with Crippen LogP contribution < -0.4 is 10.1 Å². The number of hydrogen-bond donors (Lipinski definition) is 2. The van der Waals surface area contributed by atoms with Crippen molar-refractivity contribution in [1.29, 1.82) is 0 Å². The molecule has 0 saturated carbocycles. The molecule has 0 saturated heterocycles. The number of aromatic nitrogens is 2. The SMILES string of the molecule is COc1ccc(NC(c2cn[nH]c2)c2ccccc2C(F)(F)F)cc1. The van der Waals surface area contributed by atoms with Crippen molar-refractivity contribution < 1.29 is 17.9 Å². The maximum absolute atomic E-state index is 13.4. The molecule has 2 aromatic carbocycles. The molecule has 0 aliphatic carbocycles. The van der Waals surface area contributed by atoms with Gasteiger partial charge >= 0.3 is 6.18 Å². The second kappa shape index (κ2) is 6.88. The molecule has 0 radical (unpaired) electrons. The first kappa shape index (κ1) is 16.9. The number of ether oxygens (including phenoxy) is 1. The largest absolute Gasteiger partial charge is 0.497 e. The lowest BCUT2D eigenvalue weighted by atomic mass is 9.95. The Morgan fingerprint density at radius 1 is 1.08 bits per heavy atom. The Labute approximate surface area is 142 Å². The fourth-order valence-electron chi connectivity index (χ4n) is 2.62. The minimum Gasteiger partial charge on any atom is -0.497 e. The Balaban J connectivity index is 2.02. The average Bonchev–Trinajstić information content (AvgIpc) is 3.14. The molecular formula is C18H16F3N3O. The first-order valence-electron chi connectivity index (χ1n) is 7.54. The number of halogens is 3. The van der Waals surface area contributed by atoms with Crippen LogP contribution in [0.25, 0.3) is 0 Å². The van der Waals surface area contributed by atoms with Gasteiger partial charge in [0, 0.05) is 17.4 Å².